The Bertz CT molecular complexity index is 925. The van der Waals surface area contributed by atoms with Gasteiger partial charge < -0.3 is 10.2 Å². The number of nitrogens with one attached hydrogen (secondary N) is 1. The first kappa shape index (κ1) is 23.2. The van der Waals surface area contributed by atoms with Crippen molar-refractivity contribution in [1.29, 1.82) is 0 Å². The molecule has 1 aromatic heterocycles. The summed E-state index contributed by atoms with van der Waals surface area (Å²) in [5, 5.41) is 2.69. The van der Waals surface area contributed by atoms with Crippen molar-refractivity contribution >= 4 is 23.3 Å². The fraction of sp³-hybridized carbons (Fsp3) is 0.429. The molecule has 0 saturated carbocycles. The van der Waals surface area contributed by atoms with Gasteiger partial charge in [0.15, 0.2) is 0 Å². The zero-order valence-corrected chi connectivity index (χ0v) is 17.4. The van der Waals surface area contributed by atoms with Gasteiger partial charge in [0.05, 0.1) is 10.6 Å². The van der Waals surface area contributed by atoms with Crippen LogP contribution in [0.25, 0.3) is 0 Å². The van der Waals surface area contributed by atoms with Gasteiger partial charge in [0.1, 0.15) is 17.5 Å². The largest absolute Gasteiger partial charge is 0.417 e. The van der Waals surface area contributed by atoms with E-state index in [0.717, 1.165) is 12.3 Å². The topological polar surface area (TPSA) is 45.2 Å². The number of carbonyl (C=O) groups excluding carboxylic acids is 1. The van der Waals surface area contributed by atoms with E-state index in [0.29, 0.717) is 25.9 Å². The maximum atomic E-state index is 13.8. The third-order valence-electron chi connectivity index (χ3n) is 5.28. The molecule has 1 atom stereocenters. The Morgan fingerprint density at radius 3 is 2.42 bits per heavy atom. The molecule has 4 nitrogen and oxygen atoms in total. The molecule has 0 radical (unpaired) electrons. The number of carbonyl (C=O) groups is 1. The van der Waals surface area contributed by atoms with E-state index in [-0.39, 0.29) is 34.6 Å². The molecule has 2 heterocycles. The summed E-state index contributed by atoms with van der Waals surface area (Å²) in [5.74, 6) is -1.62. The van der Waals surface area contributed by atoms with Crippen LogP contribution in [0.15, 0.2) is 30.5 Å². The second-order valence-electron chi connectivity index (χ2n) is 7.60. The fourth-order valence-corrected chi connectivity index (χ4v) is 3.90. The van der Waals surface area contributed by atoms with Gasteiger partial charge in [-0.3, -0.25) is 4.79 Å². The first-order valence-electron chi connectivity index (χ1n) is 9.77. The molecule has 10 heteroatoms. The lowest BCUT2D eigenvalue weighted by Gasteiger charge is -2.33. The van der Waals surface area contributed by atoms with Gasteiger partial charge >= 0.3 is 6.18 Å². The summed E-state index contributed by atoms with van der Waals surface area (Å²) in [6, 6.07) is 3.99. The smallest absolute Gasteiger partial charge is 0.355 e. The van der Waals surface area contributed by atoms with Gasteiger partial charge in [-0.1, -0.05) is 17.7 Å². The van der Waals surface area contributed by atoms with E-state index in [4.69, 9.17) is 11.6 Å². The first-order valence-corrected chi connectivity index (χ1v) is 10.1. The van der Waals surface area contributed by atoms with E-state index in [2.05, 4.69) is 10.3 Å². The van der Waals surface area contributed by atoms with Crippen molar-refractivity contribution in [3.05, 3.63) is 58.2 Å². The predicted molar refractivity (Wildman–Crippen MR) is 107 cm³/mol. The number of aromatic nitrogens is 1. The lowest BCUT2D eigenvalue weighted by atomic mass is 9.95. The molecular weight excluding hydrogens is 441 g/mol. The standard InChI is InChI=1S/C21H21ClF5N3O/c1-12(9-15-17(23)3-2-4-18(15)24)29-20(31)13-5-7-30(8-6-13)19-16(22)10-14(11-28-19)21(25,26)27/h2-4,10-13H,5-9H2,1H3,(H,29,31). The molecule has 1 N–H and O–H groups in total. The van der Waals surface area contributed by atoms with Crippen LogP contribution in [-0.2, 0) is 17.4 Å². The van der Waals surface area contributed by atoms with Crippen LogP contribution in [0.2, 0.25) is 5.02 Å². The van der Waals surface area contributed by atoms with E-state index in [1.54, 1.807) is 11.8 Å². The highest BCUT2D eigenvalue weighted by Gasteiger charge is 2.33. The van der Waals surface area contributed by atoms with Crippen LogP contribution in [0.3, 0.4) is 0 Å². The van der Waals surface area contributed by atoms with Crippen LogP contribution in [0, 0.1) is 17.6 Å². The molecule has 31 heavy (non-hydrogen) atoms. The summed E-state index contributed by atoms with van der Waals surface area (Å²) in [6.45, 7) is 2.46. The average molecular weight is 462 g/mol. The Morgan fingerprint density at radius 2 is 1.87 bits per heavy atom. The van der Waals surface area contributed by atoms with E-state index < -0.39 is 29.4 Å². The molecule has 2 aromatic rings. The Kier molecular flexibility index (Phi) is 7.03. The molecular formula is C21H21ClF5N3O. The summed E-state index contributed by atoms with van der Waals surface area (Å²) in [6.07, 6.45) is -2.86. The third-order valence-corrected chi connectivity index (χ3v) is 5.55. The maximum absolute atomic E-state index is 13.8. The van der Waals surface area contributed by atoms with Gasteiger partial charge in [-0.15, -0.1) is 0 Å². The monoisotopic (exact) mass is 461 g/mol. The zero-order chi connectivity index (χ0) is 22.8. The zero-order valence-electron chi connectivity index (χ0n) is 16.6. The highest BCUT2D eigenvalue weighted by molar-refractivity contribution is 6.33. The number of pyridine rings is 1. The van der Waals surface area contributed by atoms with E-state index in [1.807, 2.05) is 0 Å². The Morgan fingerprint density at radius 1 is 1.26 bits per heavy atom. The van der Waals surface area contributed by atoms with Crippen molar-refractivity contribution in [3.8, 4) is 0 Å². The Balaban J connectivity index is 1.55. The quantitative estimate of drug-likeness (QED) is 0.638. The number of anilines is 1. The molecule has 0 spiro atoms. The van der Waals surface area contributed by atoms with Crippen LogP contribution in [0.5, 0.6) is 0 Å². The van der Waals surface area contributed by atoms with E-state index in [9.17, 15) is 26.7 Å². The van der Waals surface area contributed by atoms with Crippen LogP contribution in [0.1, 0.15) is 30.9 Å². The van der Waals surface area contributed by atoms with Crippen LogP contribution in [0.4, 0.5) is 27.8 Å². The maximum Gasteiger partial charge on any atom is 0.417 e. The first-order chi connectivity index (χ1) is 14.6. The van der Waals surface area contributed by atoms with Gasteiger partial charge in [-0.2, -0.15) is 13.2 Å². The third kappa shape index (κ3) is 5.64. The highest BCUT2D eigenvalue weighted by Crippen LogP contribution is 2.34. The van der Waals surface area contributed by atoms with Gasteiger partial charge in [-0.05, 0) is 44.4 Å². The summed E-state index contributed by atoms with van der Waals surface area (Å²) >= 11 is 5.99. The number of amides is 1. The molecule has 1 saturated heterocycles. The summed E-state index contributed by atoms with van der Waals surface area (Å²) in [4.78, 5) is 18.1. The van der Waals surface area contributed by atoms with Crippen molar-refractivity contribution in [2.45, 2.75) is 38.4 Å². The molecule has 0 bridgehead atoms. The minimum absolute atomic E-state index is 0.0220. The molecule has 1 aliphatic rings. The van der Waals surface area contributed by atoms with E-state index in [1.165, 1.54) is 18.2 Å². The van der Waals surface area contributed by atoms with Crippen LogP contribution < -0.4 is 10.2 Å². The number of hydrogen-bond donors (Lipinski definition) is 1. The second kappa shape index (κ2) is 9.38. The molecule has 1 fully saturated rings. The van der Waals surface area contributed by atoms with Crippen molar-refractivity contribution in [2.24, 2.45) is 5.92 Å². The van der Waals surface area contributed by atoms with Crippen molar-refractivity contribution in [2.75, 3.05) is 18.0 Å². The van der Waals surface area contributed by atoms with Crippen LogP contribution >= 0.6 is 11.6 Å². The number of benzene rings is 1. The summed E-state index contributed by atoms with van der Waals surface area (Å²) < 4.78 is 65.9. The Labute approximate surface area is 181 Å². The minimum Gasteiger partial charge on any atom is -0.355 e. The van der Waals surface area contributed by atoms with Gasteiger partial charge in [0.2, 0.25) is 5.91 Å². The van der Waals surface area contributed by atoms with Gasteiger partial charge in [0, 0.05) is 36.8 Å². The second-order valence-corrected chi connectivity index (χ2v) is 8.01. The number of piperidine rings is 1. The minimum atomic E-state index is -4.53. The van der Waals surface area contributed by atoms with Crippen LogP contribution in [-0.4, -0.2) is 30.0 Å². The van der Waals surface area contributed by atoms with Crippen molar-refractivity contribution in [3.63, 3.8) is 0 Å². The molecule has 1 amide bonds. The van der Waals surface area contributed by atoms with Crippen molar-refractivity contribution in [1.82, 2.24) is 10.3 Å². The van der Waals surface area contributed by atoms with Gasteiger partial charge in [-0.25, -0.2) is 13.8 Å². The molecule has 1 aromatic carbocycles. The SMILES string of the molecule is CC(Cc1c(F)cccc1F)NC(=O)C1CCN(c2ncc(C(F)(F)F)cc2Cl)CC1. The number of halogens is 6. The number of rotatable bonds is 5. The number of nitrogens with zero attached hydrogens (tertiary/aromatic N) is 2. The number of hydrogen-bond acceptors (Lipinski definition) is 3. The van der Waals surface area contributed by atoms with Crippen molar-refractivity contribution < 1.29 is 26.7 Å². The fourth-order valence-electron chi connectivity index (χ4n) is 3.62. The molecule has 1 unspecified atom stereocenters. The molecule has 3 rings (SSSR count). The summed E-state index contributed by atoms with van der Waals surface area (Å²) in [5.41, 5.74) is -0.996. The normalized spacial score (nSPS) is 16.3. The molecule has 168 valence electrons. The van der Waals surface area contributed by atoms with E-state index >= 15 is 0 Å². The summed E-state index contributed by atoms with van der Waals surface area (Å²) in [7, 11) is 0. The lowest BCUT2D eigenvalue weighted by Crippen LogP contribution is -2.44. The average Bonchev–Trinajstić information content (AvgIpc) is 2.70. The highest BCUT2D eigenvalue weighted by atomic mass is 35.5. The molecule has 1 aliphatic heterocycles. The van der Waals surface area contributed by atoms with Gasteiger partial charge in [0.25, 0.3) is 0 Å². The number of alkyl halides is 3. The molecule has 0 aliphatic carbocycles. The lowest BCUT2D eigenvalue weighted by molar-refractivity contribution is -0.137. The Hall–Kier alpha value is -2.42. The predicted octanol–water partition coefficient (Wildman–Crippen LogP) is 5.00.